The second-order valence-electron chi connectivity index (χ2n) is 6.41. The Morgan fingerprint density at radius 3 is 2.42 bits per heavy atom. The van der Waals surface area contributed by atoms with Crippen LogP contribution in [0.4, 0.5) is 5.69 Å². The fourth-order valence-electron chi connectivity index (χ4n) is 3.03. The molecular formula is C20H21N3O3. The highest BCUT2D eigenvalue weighted by atomic mass is 16.2. The number of benzene rings is 2. The zero-order chi connectivity index (χ0) is 18.5. The predicted molar refractivity (Wildman–Crippen MR) is 98.4 cm³/mol. The van der Waals surface area contributed by atoms with Gasteiger partial charge in [0.05, 0.1) is 5.92 Å². The van der Waals surface area contributed by atoms with Crippen molar-refractivity contribution in [3.05, 3.63) is 65.7 Å². The standard InChI is InChI=1S/C20H21N3O3/c21-19(25)15-6-8-17(9-7-15)22-20(26)16-12-18(24)23(13-16)11-10-14-4-2-1-3-5-14/h1-9,16H,10-13H2,(H2,21,25)(H,22,26)/t16-/m0/s1. The molecule has 6 heteroatoms. The molecule has 0 spiro atoms. The summed E-state index contributed by atoms with van der Waals surface area (Å²) in [5.74, 6) is -1.06. The molecule has 3 N–H and O–H groups in total. The number of hydrogen-bond acceptors (Lipinski definition) is 3. The first-order chi connectivity index (χ1) is 12.5. The van der Waals surface area contributed by atoms with Crippen LogP contribution in [-0.4, -0.2) is 35.7 Å². The van der Waals surface area contributed by atoms with Crippen LogP contribution in [-0.2, 0) is 16.0 Å². The Balaban J connectivity index is 1.54. The quantitative estimate of drug-likeness (QED) is 0.831. The largest absolute Gasteiger partial charge is 0.366 e. The van der Waals surface area contributed by atoms with Gasteiger partial charge in [-0.05, 0) is 36.2 Å². The maximum absolute atomic E-state index is 12.4. The first kappa shape index (κ1) is 17.7. The Kier molecular flexibility index (Phi) is 5.31. The Labute approximate surface area is 152 Å². The van der Waals surface area contributed by atoms with Gasteiger partial charge in [0, 0.05) is 30.8 Å². The van der Waals surface area contributed by atoms with Crippen LogP contribution in [0.5, 0.6) is 0 Å². The fraction of sp³-hybridized carbons (Fsp3) is 0.250. The number of nitrogens with two attached hydrogens (primary N) is 1. The Morgan fingerprint density at radius 1 is 1.08 bits per heavy atom. The highest BCUT2D eigenvalue weighted by molar-refractivity contribution is 5.98. The summed E-state index contributed by atoms with van der Waals surface area (Å²) < 4.78 is 0. The number of anilines is 1. The topological polar surface area (TPSA) is 92.5 Å². The average Bonchev–Trinajstić information content (AvgIpc) is 3.02. The number of likely N-dealkylation sites (tertiary alicyclic amines) is 1. The number of rotatable bonds is 6. The van der Waals surface area contributed by atoms with Crippen LogP contribution in [0.2, 0.25) is 0 Å². The Morgan fingerprint density at radius 2 is 1.77 bits per heavy atom. The van der Waals surface area contributed by atoms with Gasteiger partial charge in [-0.1, -0.05) is 30.3 Å². The molecule has 1 aliphatic heterocycles. The van der Waals surface area contributed by atoms with Crippen LogP contribution in [0.25, 0.3) is 0 Å². The summed E-state index contributed by atoms with van der Waals surface area (Å²) in [6, 6.07) is 16.3. The van der Waals surface area contributed by atoms with Gasteiger partial charge >= 0.3 is 0 Å². The van der Waals surface area contributed by atoms with Crippen molar-refractivity contribution in [1.29, 1.82) is 0 Å². The predicted octanol–water partition coefficient (Wildman–Crippen LogP) is 1.82. The molecular weight excluding hydrogens is 330 g/mol. The van der Waals surface area contributed by atoms with Crippen LogP contribution in [0.1, 0.15) is 22.3 Å². The highest BCUT2D eigenvalue weighted by Gasteiger charge is 2.33. The van der Waals surface area contributed by atoms with Gasteiger partial charge in [0.25, 0.3) is 0 Å². The molecule has 1 heterocycles. The molecule has 6 nitrogen and oxygen atoms in total. The second kappa shape index (κ2) is 7.82. The minimum Gasteiger partial charge on any atom is -0.366 e. The maximum atomic E-state index is 12.4. The zero-order valence-electron chi connectivity index (χ0n) is 14.4. The number of carbonyl (C=O) groups excluding carboxylic acids is 3. The first-order valence-corrected chi connectivity index (χ1v) is 8.55. The van der Waals surface area contributed by atoms with Crippen molar-refractivity contribution >= 4 is 23.4 Å². The van der Waals surface area contributed by atoms with Crippen molar-refractivity contribution in [2.75, 3.05) is 18.4 Å². The Hall–Kier alpha value is -3.15. The van der Waals surface area contributed by atoms with Crippen molar-refractivity contribution in [2.24, 2.45) is 11.7 Å². The lowest BCUT2D eigenvalue weighted by atomic mass is 10.1. The summed E-state index contributed by atoms with van der Waals surface area (Å²) in [4.78, 5) is 37.4. The third-order valence-electron chi connectivity index (χ3n) is 4.54. The number of amides is 3. The van der Waals surface area contributed by atoms with Gasteiger partial charge in [-0.2, -0.15) is 0 Å². The molecule has 0 radical (unpaired) electrons. The summed E-state index contributed by atoms with van der Waals surface area (Å²) in [5, 5.41) is 2.79. The third kappa shape index (κ3) is 4.27. The van der Waals surface area contributed by atoms with E-state index in [0.717, 1.165) is 6.42 Å². The lowest BCUT2D eigenvalue weighted by Gasteiger charge is -2.16. The molecule has 3 amide bonds. The summed E-state index contributed by atoms with van der Waals surface area (Å²) in [5.41, 5.74) is 7.33. The molecule has 0 unspecified atom stereocenters. The minimum atomic E-state index is -0.515. The van der Waals surface area contributed by atoms with Crippen molar-refractivity contribution in [2.45, 2.75) is 12.8 Å². The van der Waals surface area contributed by atoms with Crippen LogP contribution in [0.3, 0.4) is 0 Å². The lowest BCUT2D eigenvalue weighted by Crippen LogP contribution is -2.30. The van der Waals surface area contributed by atoms with Gasteiger partial charge in [-0.3, -0.25) is 14.4 Å². The summed E-state index contributed by atoms with van der Waals surface area (Å²) >= 11 is 0. The molecule has 26 heavy (non-hydrogen) atoms. The summed E-state index contributed by atoms with van der Waals surface area (Å²) in [6.07, 6.45) is 0.996. The molecule has 1 atom stereocenters. The van der Waals surface area contributed by atoms with Gasteiger partial charge < -0.3 is 16.0 Å². The van der Waals surface area contributed by atoms with E-state index in [1.54, 1.807) is 29.2 Å². The highest BCUT2D eigenvalue weighted by Crippen LogP contribution is 2.20. The SMILES string of the molecule is NC(=O)c1ccc(NC(=O)[C@H]2CC(=O)N(CCc3ccccc3)C2)cc1. The molecule has 3 rings (SSSR count). The third-order valence-corrected chi connectivity index (χ3v) is 4.54. The average molecular weight is 351 g/mol. The zero-order valence-corrected chi connectivity index (χ0v) is 14.4. The molecule has 134 valence electrons. The van der Waals surface area contributed by atoms with E-state index in [2.05, 4.69) is 5.32 Å². The van der Waals surface area contributed by atoms with Crippen LogP contribution in [0.15, 0.2) is 54.6 Å². The molecule has 0 aliphatic carbocycles. The summed E-state index contributed by atoms with van der Waals surface area (Å²) in [6.45, 7) is 1.04. The van der Waals surface area contributed by atoms with E-state index >= 15 is 0 Å². The van der Waals surface area contributed by atoms with Crippen LogP contribution in [0, 0.1) is 5.92 Å². The number of primary amides is 1. The lowest BCUT2D eigenvalue weighted by molar-refractivity contribution is -0.128. The number of carbonyl (C=O) groups is 3. The molecule has 2 aromatic rings. The van der Waals surface area contributed by atoms with Crippen molar-refractivity contribution in [3.63, 3.8) is 0 Å². The maximum Gasteiger partial charge on any atom is 0.248 e. The minimum absolute atomic E-state index is 0.00478. The van der Waals surface area contributed by atoms with E-state index in [1.165, 1.54) is 5.56 Å². The van der Waals surface area contributed by atoms with Crippen LogP contribution >= 0.6 is 0 Å². The van der Waals surface area contributed by atoms with E-state index in [1.807, 2.05) is 30.3 Å². The number of nitrogens with zero attached hydrogens (tertiary/aromatic N) is 1. The van der Waals surface area contributed by atoms with Crippen molar-refractivity contribution in [3.8, 4) is 0 Å². The van der Waals surface area contributed by atoms with Crippen molar-refractivity contribution in [1.82, 2.24) is 4.90 Å². The normalized spacial score (nSPS) is 16.5. The smallest absolute Gasteiger partial charge is 0.248 e. The van der Waals surface area contributed by atoms with E-state index in [-0.39, 0.29) is 24.2 Å². The second-order valence-corrected chi connectivity index (χ2v) is 6.41. The van der Waals surface area contributed by atoms with E-state index < -0.39 is 5.91 Å². The fourth-order valence-corrected chi connectivity index (χ4v) is 3.03. The van der Waals surface area contributed by atoms with Crippen LogP contribution < -0.4 is 11.1 Å². The van der Waals surface area contributed by atoms with Gasteiger partial charge in [-0.15, -0.1) is 0 Å². The summed E-state index contributed by atoms with van der Waals surface area (Å²) in [7, 11) is 0. The molecule has 2 aromatic carbocycles. The molecule has 0 saturated carbocycles. The van der Waals surface area contributed by atoms with Gasteiger partial charge in [-0.25, -0.2) is 0 Å². The number of nitrogens with one attached hydrogen (secondary N) is 1. The van der Waals surface area contributed by atoms with Gasteiger partial charge in [0.15, 0.2) is 0 Å². The Bertz CT molecular complexity index is 803. The van der Waals surface area contributed by atoms with E-state index in [4.69, 9.17) is 5.73 Å². The van der Waals surface area contributed by atoms with E-state index in [9.17, 15) is 14.4 Å². The molecule has 0 aromatic heterocycles. The van der Waals surface area contributed by atoms with Crippen molar-refractivity contribution < 1.29 is 14.4 Å². The molecule has 0 bridgehead atoms. The van der Waals surface area contributed by atoms with Gasteiger partial charge in [0.1, 0.15) is 0 Å². The monoisotopic (exact) mass is 351 g/mol. The molecule has 1 fully saturated rings. The first-order valence-electron chi connectivity index (χ1n) is 8.55. The number of hydrogen-bond donors (Lipinski definition) is 2. The molecule has 1 aliphatic rings. The van der Waals surface area contributed by atoms with Gasteiger partial charge in [0.2, 0.25) is 17.7 Å². The van der Waals surface area contributed by atoms with E-state index in [0.29, 0.717) is 24.3 Å². The molecule has 1 saturated heterocycles.